The molecule has 0 aliphatic heterocycles. The molecular weight excluding hydrogens is 611 g/mol. The van der Waals surface area contributed by atoms with Gasteiger partial charge in [0.25, 0.3) is 0 Å². The van der Waals surface area contributed by atoms with Gasteiger partial charge in [0.05, 0.1) is 24.7 Å². The summed E-state index contributed by atoms with van der Waals surface area (Å²) in [5.41, 5.74) is -4.71. The van der Waals surface area contributed by atoms with Gasteiger partial charge in [0.15, 0.2) is 0 Å². The van der Waals surface area contributed by atoms with Gasteiger partial charge in [-0.1, -0.05) is 18.2 Å². The predicted octanol–water partition coefficient (Wildman–Crippen LogP) is 7.73. The Labute approximate surface area is 212 Å². The maximum Gasteiger partial charge on any atom is 0.460 e. The zero-order valence-electron chi connectivity index (χ0n) is 19.7. The van der Waals surface area contributed by atoms with Crippen LogP contribution in [-0.2, 0) is 15.1 Å². The van der Waals surface area contributed by atoms with Crippen molar-refractivity contribution in [1.82, 2.24) is 0 Å². The fourth-order valence-electron chi connectivity index (χ4n) is 3.24. The quantitative estimate of drug-likeness (QED) is 0.186. The molecule has 232 valence electrons. The first-order valence-electron chi connectivity index (χ1n) is 9.93. The van der Waals surface area contributed by atoms with Gasteiger partial charge in [-0.2, -0.15) is 74.6 Å². The first-order valence-corrected chi connectivity index (χ1v) is 9.93. The van der Waals surface area contributed by atoms with Crippen LogP contribution in [0.15, 0.2) is 24.3 Å². The molecular formula is C20H15F17O3. The Bertz CT molecular complexity index is 1080. The average molecular weight is 626 g/mol. The van der Waals surface area contributed by atoms with E-state index >= 15 is 0 Å². The van der Waals surface area contributed by atoms with Gasteiger partial charge in [0, 0.05) is 7.11 Å². The van der Waals surface area contributed by atoms with Crippen molar-refractivity contribution >= 4 is 5.97 Å². The van der Waals surface area contributed by atoms with E-state index in [1.165, 1.54) is 0 Å². The molecule has 1 unspecified atom stereocenters. The minimum Gasteiger partial charge on any atom is -0.465 e. The van der Waals surface area contributed by atoms with Crippen molar-refractivity contribution in [2.75, 3.05) is 14.2 Å². The maximum atomic E-state index is 14.6. The third kappa shape index (κ3) is 4.93. The number of benzene rings is 1. The molecule has 0 amide bonds. The largest absolute Gasteiger partial charge is 0.465 e. The van der Waals surface area contributed by atoms with E-state index in [0.717, 1.165) is 25.3 Å². The van der Waals surface area contributed by atoms with Gasteiger partial charge in [0.1, 0.15) is 0 Å². The van der Waals surface area contributed by atoms with Crippen molar-refractivity contribution < 1.29 is 88.9 Å². The van der Waals surface area contributed by atoms with Crippen molar-refractivity contribution in [3.8, 4) is 0 Å². The summed E-state index contributed by atoms with van der Waals surface area (Å²) >= 11 is 0. The third-order valence-electron chi connectivity index (χ3n) is 5.70. The van der Waals surface area contributed by atoms with Gasteiger partial charge in [-0.05, 0) is 18.6 Å². The summed E-state index contributed by atoms with van der Waals surface area (Å²) in [6.07, 6.45) is -10.7. The molecule has 0 saturated carbocycles. The lowest BCUT2D eigenvalue weighted by molar-refractivity contribution is -0.462. The van der Waals surface area contributed by atoms with Crippen LogP contribution in [0.4, 0.5) is 74.6 Å². The summed E-state index contributed by atoms with van der Waals surface area (Å²) in [6.45, 7) is 0.377. The number of carbonyl (C=O) groups is 1. The zero-order valence-corrected chi connectivity index (χ0v) is 19.7. The lowest BCUT2D eigenvalue weighted by atomic mass is 9.81. The summed E-state index contributed by atoms with van der Waals surface area (Å²) < 4.78 is 239. The number of rotatable bonds is 11. The third-order valence-corrected chi connectivity index (χ3v) is 5.70. The molecule has 0 heterocycles. The fourth-order valence-corrected chi connectivity index (χ4v) is 3.24. The highest BCUT2D eigenvalue weighted by Crippen LogP contribution is 2.64. The first-order chi connectivity index (χ1) is 17.5. The van der Waals surface area contributed by atoms with Crippen LogP contribution >= 0.6 is 0 Å². The van der Waals surface area contributed by atoms with Crippen molar-refractivity contribution in [1.29, 1.82) is 0 Å². The Morgan fingerprint density at radius 3 is 1.38 bits per heavy atom. The number of carbonyl (C=O) groups excluding carboxylic acids is 1. The lowest BCUT2D eigenvalue weighted by Crippen LogP contribution is -2.74. The molecule has 1 aromatic rings. The second kappa shape index (κ2) is 10.1. The van der Waals surface area contributed by atoms with Crippen LogP contribution in [0.3, 0.4) is 0 Å². The molecule has 0 bridgehead atoms. The van der Waals surface area contributed by atoms with E-state index < -0.39 is 76.8 Å². The standard InChI is InChI=1S/C20H15F17O3/c1-12(40-3,10-7-5-4-6-9(10)11(38)39-2)8-13(21,22)14(23,24)15(25,26)16(27,28)17(29,30)18(31,32)19(33,34)20(35,36)37/h4-7H,8H2,1-3H3. The van der Waals surface area contributed by atoms with Gasteiger partial charge in [-0.25, -0.2) is 4.79 Å². The van der Waals surface area contributed by atoms with Gasteiger partial charge in [-0.3, -0.25) is 0 Å². The number of esters is 1. The number of halogens is 17. The molecule has 1 atom stereocenters. The van der Waals surface area contributed by atoms with E-state index in [9.17, 15) is 79.4 Å². The Morgan fingerprint density at radius 2 is 1.00 bits per heavy atom. The molecule has 0 spiro atoms. The topological polar surface area (TPSA) is 35.5 Å². The molecule has 0 saturated heterocycles. The Kier molecular flexibility index (Phi) is 8.94. The summed E-state index contributed by atoms with van der Waals surface area (Å²) in [6, 6.07) is 3.44. The molecule has 1 rings (SSSR count). The van der Waals surface area contributed by atoms with Gasteiger partial charge in [0.2, 0.25) is 0 Å². The fraction of sp³-hybridized carbons (Fsp3) is 0.650. The highest BCUT2D eigenvalue weighted by molar-refractivity contribution is 5.91. The van der Waals surface area contributed by atoms with E-state index in [2.05, 4.69) is 9.47 Å². The lowest BCUT2D eigenvalue weighted by Gasteiger charge is -2.44. The Hall–Kier alpha value is -2.54. The molecule has 0 radical (unpaired) electrons. The molecule has 20 heteroatoms. The molecule has 0 fully saturated rings. The van der Waals surface area contributed by atoms with E-state index in [1.54, 1.807) is 0 Å². The van der Waals surface area contributed by atoms with Crippen molar-refractivity contribution in [3.05, 3.63) is 35.4 Å². The molecule has 0 aromatic heterocycles. The van der Waals surface area contributed by atoms with E-state index in [-0.39, 0.29) is 0 Å². The molecule has 40 heavy (non-hydrogen) atoms. The SMILES string of the molecule is COC(=O)c1ccccc1C(C)(CC(F)(F)C(F)(F)C(F)(F)C(F)(F)C(F)(F)C(F)(F)C(F)(F)C(F)(F)F)OC. The number of methoxy groups -OCH3 is 2. The molecule has 0 N–H and O–H groups in total. The molecule has 0 aliphatic rings. The smallest absolute Gasteiger partial charge is 0.460 e. The second-order valence-corrected chi connectivity index (χ2v) is 8.30. The molecule has 0 aliphatic carbocycles. The van der Waals surface area contributed by atoms with E-state index in [4.69, 9.17) is 0 Å². The van der Waals surface area contributed by atoms with Gasteiger partial charge >= 0.3 is 53.6 Å². The van der Waals surface area contributed by atoms with E-state index in [0.29, 0.717) is 20.1 Å². The number of ether oxygens (including phenoxy) is 2. The van der Waals surface area contributed by atoms with Gasteiger partial charge in [-0.15, -0.1) is 0 Å². The highest BCUT2D eigenvalue weighted by Gasteiger charge is 2.95. The van der Waals surface area contributed by atoms with Crippen molar-refractivity contribution in [2.45, 2.75) is 66.6 Å². The minimum atomic E-state index is -8.72. The monoisotopic (exact) mass is 626 g/mol. The van der Waals surface area contributed by atoms with Crippen LogP contribution in [0.25, 0.3) is 0 Å². The van der Waals surface area contributed by atoms with Crippen molar-refractivity contribution in [3.63, 3.8) is 0 Å². The Balaban J connectivity index is 3.75. The molecule has 1 aromatic carbocycles. The number of hydrogen-bond donors (Lipinski definition) is 0. The van der Waals surface area contributed by atoms with Crippen LogP contribution < -0.4 is 0 Å². The van der Waals surface area contributed by atoms with Crippen molar-refractivity contribution in [2.24, 2.45) is 0 Å². The predicted molar refractivity (Wildman–Crippen MR) is 97.4 cm³/mol. The zero-order chi connectivity index (χ0) is 32.2. The maximum absolute atomic E-state index is 14.6. The summed E-state index contributed by atoms with van der Waals surface area (Å²) in [5, 5.41) is 0. The molecule has 3 nitrogen and oxygen atoms in total. The van der Waals surface area contributed by atoms with Crippen LogP contribution in [0, 0.1) is 0 Å². The van der Waals surface area contributed by atoms with Crippen LogP contribution in [-0.4, -0.2) is 67.8 Å². The van der Waals surface area contributed by atoms with Crippen LogP contribution in [0.1, 0.15) is 29.3 Å². The Morgan fingerprint density at radius 1 is 0.625 bits per heavy atom. The minimum absolute atomic E-state index is 0.377. The number of hydrogen-bond acceptors (Lipinski definition) is 3. The summed E-state index contributed by atoms with van der Waals surface area (Å²) in [4.78, 5) is 11.9. The normalized spacial score (nSPS) is 16.5. The summed E-state index contributed by atoms with van der Waals surface area (Å²) in [7, 11) is 1.16. The van der Waals surface area contributed by atoms with E-state index in [1.807, 2.05) is 0 Å². The number of alkyl halides is 17. The van der Waals surface area contributed by atoms with Gasteiger partial charge < -0.3 is 9.47 Å². The first kappa shape index (κ1) is 35.5. The summed E-state index contributed by atoms with van der Waals surface area (Å²) in [5.74, 6) is -58.6. The van der Waals surface area contributed by atoms with Crippen LogP contribution in [0.2, 0.25) is 0 Å². The second-order valence-electron chi connectivity index (χ2n) is 8.30. The highest BCUT2D eigenvalue weighted by atomic mass is 19.4. The van der Waals surface area contributed by atoms with Crippen LogP contribution in [0.5, 0.6) is 0 Å². The average Bonchev–Trinajstić information content (AvgIpc) is 2.81.